The van der Waals surface area contributed by atoms with Crippen LogP contribution in [0.2, 0.25) is 15.1 Å². The fraction of sp³-hybridized carbons (Fsp3) is 0.0833. The molecule has 0 amide bonds. The standard InChI is InChI=1S/C24H18Cl3NO2/c25-17-6-3-4-15(10-17)14-30-23-9-8-16-5-1-2-7-19(16)20(23)13-28-18-11-21(26)24(29)22(27)12-18/h1-12,28-29H,13-14H2. The molecule has 4 rings (SSSR count). The van der Waals surface area contributed by atoms with Crippen molar-refractivity contribution in [2.24, 2.45) is 0 Å². The summed E-state index contributed by atoms with van der Waals surface area (Å²) in [6, 6.07) is 23.0. The van der Waals surface area contributed by atoms with E-state index in [-0.39, 0.29) is 15.8 Å². The summed E-state index contributed by atoms with van der Waals surface area (Å²) in [7, 11) is 0. The van der Waals surface area contributed by atoms with Crippen molar-refractivity contribution in [1.29, 1.82) is 0 Å². The Hall–Kier alpha value is -2.59. The number of phenolic OH excluding ortho intramolecular Hbond substituents is 1. The molecule has 0 aliphatic heterocycles. The number of halogens is 3. The molecular formula is C24H18Cl3NO2. The molecule has 0 spiro atoms. The van der Waals surface area contributed by atoms with Crippen molar-refractivity contribution in [3.05, 3.63) is 99.0 Å². The minimum absolute atomic E-state index is 0.125. The van der Waals surface area contributed by atoms with Gasteiger partial charge in [0.1, 0.15) is 12.4 Å². The van der Waals surface area contributed by atoms with Crippen molar-refractivity contribution in [3.63, 3.8) is 0 Å². The lowest BCUT2D eigenvalue weighted by Gasteiger charge is -2.16. The molecule has 0 saturated heterocycles. The van der Waals surface area contributed by atoms with Gasteiger partial charge in [-0.2, -0.15) is 0 Å². The fourth-order valence-corrected chi connectivity index (χ4v) is 3.98. The van der Waals surface area contributed by atoms with E-state index in [1.54, 1.807) is 12.1 Å². The van der Waals surface area contributed by atoms with Crippen LogP contribution < -0.4 is 10.1 Å². The highest BCUT2D eigenvalue weighted by Crippen LogP contribution is 2.35. The monoisotopic (exact) mass is 457 g/mol. The van der Waals surface area contributed by atoms with Crippen molar-refractivity contribution in [2.75, 3.05) is 5.32 Å². The van der Waals surface area contributed by atoms with Crippen LogP contribution in [0.4, 0.5) is 5.69 Å². The van der Waals surface area contributed by atoms with E-state index in [0.717, 1.165) is 27.6 Å². The van der Waals surface area contributed by atoms with Crippen LogP contribution in [0.25, 0.3) is 10.8 Å². The molecule has 0 fully saturated rings. The third-order valence-corrected chi connectivity index (χ3v) is 5.58. The maximum absolute atomic E-state index is 9.78. The molecule has 0 unspecified atom stereocenters. The molecule has 6 heteroatoms. The summed E-state index contributed by atoms with van der Waals surface area (Å²) in [6.07, 6.45) is 0. The molecule has 2 N–H and O–H groups in total. The van der Waals surface area contributed by atoms with Gasteiger partial charge in [0.2, 0.25) is 0 Å². The van der Waals surface area contributed by atoms with Gasteiger partial charge in [0.15, 0.2) is 5.75 Å². The van der Waals surface area contributed by atoms with Crippen LogP contribution in [0.3, 0.4) is 0 Å². The number of nitrogens with one attached hydrogen (secondary N) is 1. The first-order valence-electron chi connectivity index (χ1n) is 9.31. The Balaban J connectivity index is 1.63. The number of rotatable bonds is 6. The van der Waals surface area contributed by atoms with Crippen LogP contribution in [-0.4, -0.2) is 5.11 Å². The average molecular weight is 459 g/mol. The number of anilines is 1. The summed E-state index contributed by atoms with van der Waals surface area (Å²) >= 11 is 18.2. The van der Waals surface area contributed by atoms with Gasteiger partial charge in [-0.05, 0) is 46.7 Å². The second-order valence-corrected chi connectivity index (χ2v) is 8.07. The highest BCUT2D eigenvalue weighted by molar-refractivity contribution is 6.37. The van der Waals surface area contributed by atoms with E-state index < -0.39 is 0 Å². The second kappa shape index (κ2) is 9.05. The first kappa shape index (κ1) is 20.7. The van der Waals surface area contributed by atoms with Crippen LogP contribution in [0.5, 0.6) is 11.5 Å². The number of phenols is 1. The van der Waals surface area contributed by atoms with Crippen molar-refractivity contribution in [1.82, 2.24) is 0 Å². The predicted octanol–water partition coefficient (Wildman–Crippen LogP) is 7.70. The molecule has 0 aliphatic rings. The molecule has 0 saturated carbocycles. The van der Waals surface area contributed by atoms with E-state index in [0.29, 0.717) is 23.9 Å². The van der Waals surface area contributed by atoms with Crippen LogP contribution in [0, 0.1) is 0 Å². The minimum Gasteiger partial charge on any atom is -0.505 e. The molecule has 4 aromatic rings. The normalized spacial score (nSPS) is 10.9. The summed E-state index contributed by atoms with van der Waals surface area (Å²) in [4.78, 5) is 0. The zero-order chi connectivity index (χ0) is 21.1. The summed E-state index contributed by atoms with van der Waals surface area (Å²) in [6.45, 7) is 0.895. The molecule has 0 aliphatic carbocycles. The quantitative estimate of drug-likeness (QED) is 0.291. The van der Waals surface area contributed by atoms with E-state index in [2.05, 4.69) is 17.4 Å². The Bertz CT molecular complexity index is 1190. The number of fused-ring (bicyclic) bond motifs is 1. The summed E-state index contributed by atoms with van der Waals surface area (Å²) in [5.41, 5.74) is 2.71. The number of ether oxygens (including phenoxy) is 1. The smallest absolute Gasteiger partial charge is 0.152 e. The van der Waals surface area contributed by atoms with Gasteiger partial charge in [0.25, 0.3) is 0 Å². The predicted molar refractivity (Wildman–Crippen MR) is 125 cm³/mol. The highest BCUT2D eigenvalue weighted by atomic mass is 35.5. The first-order chi connectivity index (χ1) is 14.5. The minimum atomic E-state index is -0.125. The molecule has 0 bridgehead atoms. The topological polar surface area (TPSA) is 41.5 Å². The van der Waals surface area contributed by atoms with E-state index in [1.807, 2.05) is 48.5 Å². The maximum Gasteiger partial charge on any atom is 0.152 e. The first-order valence-corrected chi connectivity index (χ1v) is 10.4. The lowest BCUT2D eigenvalue weighted by atomic mass is 10.0. The molecule has 152 valence electrons. The van der Waals surface area contributed by atoms with Crippen molar-refractivity contribution >= 4 is 51.3 Å². The Morgan fingerprint density at radius 3 is 2.37 bits per heavy atom. The van der Waals surface area contributed by atoms with Crippen LogP contribution >= 0.6 is 34.8 Å². The van der Waals surface area contributed by atoms with Gasteiger partial charge in [0.05, 0.1) is 10.0 Å². The lowest BCUT2D eigenvalue weighted by Crippen LogP contribution is -2.05. The second-order valence-electron chi connectivity index (χ2n) is 6.82. The van der Waals surface area contributed by atoms with Gasteiger partial charge >= 0.3 is 0 Å². The molecule has 0 aromatic heterocycles. The number of aromatic hydroxyl groups is 1. The molecular weight excluding hydrogens is 441 g/mol. The lowest BCUT2D eigenvalue weighted by molar-refractivity contribution is 0.304. The summed E-state index contributed by atoms with van der Waals surface area (Å²) < 4.78 is 6.15. The molecule has 0 radical (unpaired) electrons. The van der Waals surface area contributed by atoms with E-state index in [4.69, 9.17) is 39.5 Å². The van der Waals surface area contributed by atoms with Gasteiger partial charge in [-0.1, -0.05) is 77.3 Å². The van der Waals surface area contributed by atoms with Gasteiger partial charge in [-0.3, -0.25) is 0 Å². The zero-order valence-corrected chi connectivity index (χ0v) is 18.1. The van der Waals surface area contributed by atoms with E-state index >= 15 is 0 Å². The number of hydrogen-bond acceptors (Lipinski definition) is 3. The highest BCUT2D eigenvalue weighted by Gasteiger charge is 2.11. The zero-order valence-electron chi connectivity index (χ0n) is 15.8. The average Bonchev–Trinajstić information content (AvgIpc) is 2.74. The largest absolute Gasteiger partial charge is 0.505 e. The molecule has 0 atom stereocenters. The number of hydrogen-bond donors (Lipinski definition) is 2. The van der Waals surface area contributed by atoms with E-state index in [1.165, 1.54) is 0 Å². The Morgan fingerprint density at radius 2 is 1.60 bits per heavy atom. The Kier molecular flexibility index (Phi) is 6.24. The third kappa shape index (κ3) is 4.59. The molecule has 30 heavy (non-hydrogen) atoms. The third-order valence-electron chi connectivity index (χ3n) is 4.77. The summed E-state index contributed by atoms with van der Waals surface area (Å²) in [5, 5.41) is 16.4. The van der Waals surface area contributed by atoms with Gasteiger partial charge < -0.3 is 15.2 Å². The van der Waals surface area contributed by atoms with Gasteiger partial charge in [0, 0.05) is 22.8 Å². The van der Waals surface area contributed by atoms with Crippen molar-refractivity contribution in [3.8, 4) is 11.5 Å². The van der Waals surface area contributed by atoms with Gasteiger partial charge in [-0.25, -0.2) is 0 Å². The molecule has 0 heterocycles. The van der Waals surface area contributed by atoms with Crippen LogP contribution in [0.15, 0.2) is 72.8 Å². The molecule has 3 nitrogen and oxygen atoms in total. The Labute approximate surface area is 189 Å². The summed E-state index contributed by atoms with van der Waals surface area (Å²) in [5.74, 6) is 0.650. The van der Waals surface area contributed by atoms with Gasteiger partial charge in [-0.15, -0.1) is 0 Å². The van der Waals surface area contributed by atoms with Crippen molar-refractivity contribution < 1.29 is 9.84 Å². The van der Waals surface area contributed by atoms with Crippen LogP contribution in [0.1, 0.15) is 11.1 Å². The van der Waals surface area contributed by atoms with Crippen molar-refractivity contribution in [2.45, 2.75) is 13.2 Å². The van der Waals surface area contributed by atoms with Crippen LogP contribution in [-0.2, 0) is 13.2 Å². The SMILES string of the molecule is Oc1c(Cl)cc(NCc2c(OCc3cccc(Cl)c3)ccc3ccccc23)cc1Cl. The van der Waals surface area contributed by atoms with E-state index in [9.17, 15) is 5.11 Å². The maximum atomic E-state index is 9.78. The fourth-order valence-electron chi connectivity index (χ4n) is 3.28. The molecule has 4 aromatic carbocycles. The number of benzene rings is 4. The Morgan fingerprint density at radius 1 is 0.833 bits per heavy atom.